The van der Waals surface area contributed by atoms with Crippen LogP contribution >= 0.6 is 11.6 Å². The summed E-state index contributed by atoms with van der Waals surface area (Å²) in [5.41, 5.74) is -2.03. The quantitative estimate of drug-likeness (QED) is 0.668. The first-order valence-electron chi connectivity index (χ1n) is 4.98. The molecule has 0 aromatic carbocycles. The van der Waals surface area contributed by atoms with Crippen LogP contribution in [0.5, 0.6) is 5.75 Å². The molecule has 0 aliphatic rings. The molecule has 0 bridgehead atoms. The van der Waals surface area contributed by atoms with Gasteiger partial charge in [0.05, 0.1) is 23.6 Å². The lowest BCUT2D eigenvalue weighted by Crippen LogP contribution is -2.21. The Kier molecular flexibility index (Phi) is 5.09. The molecule has 4 nitrogen and oxygen atoms in total. The number of rotatable bonds is 5. The van der Waals surface area contributed by atoms with Crippen molar-refractivity contribution >= 4 is 17.6 Å². The van der Waals surface area contributed by atoms with E-state index in [1.165, 1.54) is 0 Å². The predicted molar refractivity (Wildman–Crippen MR) is 56.8 cm³/mol. The number of aromatic nitrogens is 1. The lowest BCUT2D eigenvalue weighted by atomic mass is 10.1. The lowest BCUT2D eigenvalue weighted by molar-refractivity contribution is -0.275. The second-order valence-corrected chi connectivity index (χ2v) is 3.79. The zero-order valence-electron chi connectivity index (χ0n) is 9.55. The van der Waals surface area contributed by atoms with Crippen molar-refractivity contribution in [1.82, 2.24) is 4.98 Å². The molecule has 0 radical (unpaired) electrons. The highest BCUT2D eigenvalue weighted by molar-refractivity contribution is 6.17. The highest BCUT2D eigenvalue weighted by Crippen LogP contribution is 2.37. The molecule has 0 aliphatic carbocycles. The number of halogens is 6. The molecule has 0 saturated carbocycles. The molecule has 0 amide bonds. The van der Waals surface area contributed by atoms with Gasteiger partial charge in [0.2, 0.25) is 0 Å². The summed E-state index contributed by atoms with van der Waals surface area (Å²) < 4.78 is 65.7. The average Bonchev–Trinajstić information content (AvgIpc) is 2.28. The largest absolute Gasteiger partial charge is 0.573 e. The molecule has 0 atom stereocenters. The third-order valence-electron chi connectivity index (χ3n) is 2.15. The highest BCUT2D eigenvalue weighted by atomic mass is 35.5. The van der Waals surface area contributed by atoms with Crippen molar-refractivity contribution in [3.05, 3.63) is 23.0 Å². The Morgan fingerprint density at radius 3 is 2.45 bits per heavy atom. The maximum atomic E-state index is 12.7. The fraction of sp³-hybridized carbons (Fsp3) is 0.400. The Morgan fingerprint density at radius 2 is 2.05 bits per heavy atom. The highest BCUT2D eigenvalue weighted by Gasteiger charge is 2.35. The number of ether oxygens (including phenoxy) is 1. The SMILES string of the molecule is O=C(O)Cc1c(CCl)ncc(C(F)F)c1OC(F)(F)F. The number of hydrogen-bond acceptors (Lipinski definition) is 3. The minimum absolute atomic E-state index is 0.266. The summed E-state index contributed by atoms with van der Waals surface area (Å²) >= 11 is 5.41. The van der Waals surface area contributed by atoms with Crippen molar-refractivity contribution in [2.75, 3.05) is 0 Å². The monoisotopic (exact) mass is 319 g/mol. The number of aliphatic carboxylic acids is 1. The van der Waals surface area contributed by atoms with Gasteiger partial charge in [-0.05, 0) is 0 Å². The standard InChI is InChI=1S/C10H7ClF5NO3/c11-2-6-4(1-7(18)19)8(20-10(14,15)16)5(3-17-6)9(12)13/h3,9H,1-2H2,(H,18,19). The first-order chi connectivity index (χ1) is 9.15. The van der Waals surface area contributed by atoms with E-state index in [9.17, 15) is 26.7 Å². The summed E-state index contributed by atoms with van der Waals surface area (Å²) in [4.78, 5) is 14.1. The van der Waals surface area contributed by atoms with Gasteiger partial charge in [0.25, 0.3) is 6.43 Å². The van der Waals surface area contributed by atoms with Crippen molar-refractivity contribution in [2.24, 2.45) is 0 Å². The molecule has 1 aromatic heterocycles. The second kappa shape index (κ2) is 6.21. The van der Waals surface area contributed by atoms with Crippen LogP contribution in [0.25, 0.3) is 0 Å². The summed E-state index contributed by atoms with van der Waals surface area (Å²) in [5, 5.41) is 8.64. The molecule has 112 valence electrons. The van der Waals surface area contributed by atoms with Gasteiger partial charge in [0, 0.05) is 11.8 Å². The molecule has 1 N–H and O–H groups in total. The third-order valence-corrected chi connectivity index (χ3v) is 2.40. The van der Waals surface area contributed by atoms with Crippen LogP contribution in [0.1, 0.15) is 23.2 Å². The van der Waals surface area contributed by atoms with Crippen LogP contribution in [0.4, 0.5) is 22.0 Å². The van der Waals surface area contributed by atoms with Gasteiger partial charge in [-0.3, -0.25) is 9.78 Å². The Bertz CT molecular complexity index is 506. The van der Waals surface area contributed by atoms with Crippen LogP contribution in [-0.2, 0) is 17.1 Å². The van der Waals surface area contributed by atoms with Crippen LogP contribution < -0.4 is 4.74 Å². The molecule has 0 unspecified atom stereocenters. The van der Waals surface area contributed by atoms with Gasteiger partial charge in [-0.15, -0.1) is 24.8 Å². The van der Waals surface area contributed by atoms with Crippen molar-refractivity contribution in [3.8, 4) is 5.75 Å². The normalized spacial score (nSPS) is 11.8. The Labute approximate surface area is 114 Å². The Balaban J connectivity index is 3.47. The summed E-state index contributed by atoms with van der Waals surface area (Å²) in [5.74, 6) is -3.24. The van der Waals surface area contributed by atoms with E-state index in [4.69, 9.17) is 16.7 Å². The summed E-state index contributed by atoms with van der Waals surface area (Å²) in [7, 11) is 0. The fourth-order valence-electron chi connectivity index (χ4n) is 1.43. The number of carboxylic acids is 1. The zero-order valence-corrected chi connectivity index (χ0v) is 10.3. The molecule has 10 heteroatoms. The Hall–Kier alpha value is -1.64. The minimum Gasteiger partial charge on any atom is -0.481 e. The van der Waals surface area contributed by atoms with Crippen molar-refractivity contribution in [2.45, 2.75) is 25.1 Å². The average molecular weight is 320 g/mol. The van der Waals surface area contributed by atoms with E-state index >= 15 is 0 Å². The summed E-state index contributed by atoms with van der Waals surface area (Å²) in [6, 6.07) is 0. The van der Waals surface area contributed by atoms with E-state index in [0.717, 1.165) is 0 Å². The number of alkyl halides is 6. The van der Waals surface area contributed by atoms with Gasteiger partial charge in [0.1, 0.15) is 5.75 Å². The number of carboxylic acid groups (broad SMARTS) is 1. The van der Waals surface area contributed by atoms with E-state index in [2.05, 4.69) is 9.72 Å². The number of hydrogen-bond donors (Lipinski definition) is 1. The molecule has 0 spiro atoms. The van der Waals surface area contributed by atoms with Crippen molar-refractivity contribution < 1.29 is 36.6 Å². The molecule has 0 aliphatic heterocycles. The van der Waals surface area contributed by atoms with Crippen LogP contribution in [0, 0.1) is 0 Å². The smallest absolute Gasteiger partial charge is 0.481 e. The van der Waals surface area contributed by atoms with Gasteiger partial charge in [-0.25, -0.2) is 8.78 Å². The van der Waals surface area contributed by atoms with E-state index in [0.29, 0.717) is 6.20 Å². The number of nitrogens with zero attached hydrogens (tertiary/aromatic N) is 1. The topological polar surface area (TPSA) is 59.4 Å². The molecular weight excluding hydrogens is 313 g/mol. The molecule has 1 rings (SSSR count). The lowest BCUT2D eigenvalue weighted by Gasteiger charge is -2.17. The molecule has 20 heavy (non-hydrogen) atoms. The van der Waals surface area contributed by atoms with E-state index < -0.39 is 47.9 Å². The van der Waals surface area contributed by atoms with Gasteiger partial charge >= 0.3 is 12.3 Å². The maximum absolute atomic E-state index is 12.7. The number of carbonyl (C=O) groups is 1. The molecule has 0 saturated heterocycles. The predicted octanol–water partition coefficient (Wildman–Crippen LogP) is 3.28. The van der Waals surface area contributed by atoms with E-state index in [1.807, 2.05) is 0 Å². The van der Waals surface area contributed by atoms with Crippen LogP contribution in [0.15, 0.2) is 6.20 Å². The molecule has 1 heterocycles. The fourth-order valence-corrected chi connectivity index (χ4v) is 1.66. The van der Waals surface area contributed by atoms with Gasteiger partial charge < -0.3 is 9.84 Å². The van der Waals surface area contributed by atoms with Gasteiger partial charge in [0.15, 0.2) is 0 Å². The van der Waals surface area contributed by atoms with E-state index in [-0.39, 0.29) is 5.69 Å². The Morgan fingerprint density at radius 1 is 1.45 bits per heavy atom. The van der Waals surface area contributed by atoms with Crippen LogP contribution in [0.2, 0.25) is 0 Å². The zero-order chi connectivity index (χ0) is 15.5. The van der Waals surface area contributed by atoms with Gasteiger partial charge in [-0.2, -0.15) is 0 Å². The molecule has 1 aromatic rings. The first kappa shape index (κ1) is 16.4. The third kappa shape index (κ3) is 4.19. The minimum atomic E-state index is -5.25. The summed E-state index contributed by atoms with van der Waals surface area (Å²) in [6.07, 6.45) is -9.05. The van der Waals surface area contributed by atoms with Gasteiger partial charge in [-0.1, -0.05) is 0 Å². The summed E-state index contributed by atoms with van der Waals surface area (Å²) in [6.45, 7) is 0. The second-order valence-electron chi connectivity index (χ2n) is 3.52. The molecular formula is C10H7ClF5NO3. The maximum Gasteiger partial charge on any atom is 0.573 e. The number of pyridine rings is 1. The van der Waals surface area contributed by atoms with Crippen LogP contribution in [-0.4, -0.2) is 22.4 Å². The van der Waals surface area contributed by atoms with Crippen molar-refractivity contribution in [1.29, 1.82) is 0 Å². The first-order valence-corrected chi connectivity index (χ1v) is 5.51. The van der Waals surface area contributed by atoms with Crippen LogP contribution in [0.3, 0.4) is 0 Å². The molecule has 0 fully saturated rings. The van der Waals surface area contributed by atoms with Crippen molar-refractivity contribution in [3.63, 3.8) is 0 Å². The van der Waals surface area contributed by atoms with E-state index in [1.54, 1.807) is 0 Å².